The minimum Gasteiger partial charge on any atom is -0.387 e. The average molecular weight is 550 g/mol. The van der Waals surface area contributed by atoms with Crippen molar-refractivity contribution in [2.24, 2.45) is 0 Å². The minimum absolute atomic E-state index is 0.0617. The zero-order valence-electron chi connectivity index (χ0n) is 24.5. The van der Waals surface area contributed by atoms with E-state index in [1.165, 1.54) is 57.8 Å². The van der Waals surface area contributed by atoms with Gasteiger partial charge in [-0.05, 0) is 12.8 Å². The second-order valence-electron chi connectivity index (χ2n) is 11.1. The molecule has 0 aliphatic carbocycles. The van der Waals surface area contributed by atoms with Crippen molar-refractivity contribution in [3.8, 4) is 0 Å². The molecule has 3 atom stereocenters. The van der Waals surface area contributed by atoms with Crippen LogP contribution in [0.5, 0.6) is 0 Å². The third-order valence-electron chi connectivity index (χ3n) is 6.24. The first-order valence-electron chi connectivity index (χ1n) is 14.6. The summed E-state index contributed by atoms with van der Waals surface area (Å²) in [4.78, 5) is 22.5. The van der Waals surface area contributed by atoms with Gasteiger partial charge >= 0.3 is 7.82 Å². The number of hydrogen-bond donors (Lipinski definition) is 3. The lowest BCUT2D eigenvalue weighted by atomic mass is 10.0. The number of amides is 1. The normalized spacial score (nSPS) is 15.5. The van der Waals surface area contributed by atoms with Crippen LogP contribution in [-0.2, 0) is 18.4 Å². The molecule has 0 aromatic heterocycles. The van der Waals surface area contributed by atoms with Gasteiger partial charge in [0.1, 0.15) is 13.2 Å². The molecule has 0 saturated heterocycles. The van der Waals surface area contributed by atoms with E-state index >= 15 is 0 Å². The van der Waals surface area contributed by atoms with Crippen LogP contribution in [0.1, 0.15) is 110 Å². The van der Waals surface area contributed by atoms with Crippen LogP contribution in [0.2, 0.25) is 0 Å². The van der Waals surface area contributed by atoms with E-state index in [1.807, 2.05) is 34.1 Å². The number of rotatable bonds is 25. The lowest BCUT2D eigenvalue weighted by Crippen LogP contribution is -2.45. The summed E-state index contributed by atoms with van der Waals surface area (Å²) in [7, 11) is 1.56. The average Bonchev–Trinajstić information content (AvgIpc) is 2.81. The van der Waals surface area contributed by atoms with E-state index in [4.69, 9.17) is 9.05 Å². The maximum absolute atomic E-state index is 12.5. The lowest BCUT2D eigenvalue weighted by molar-refractivity contribution is -0.870. The Balaban J connectivity index is 4.37. The second-order valence-corrected chi connectivity index (χ2v) is 12.6. The molecule has 0 radical (unpaired) electrons. The van der Waals surface area contributed by atoms with Crippen LogP contribution in [0.4, 0.5) is 0 Å². The van der Waals surface area contributed by atoms with E-state index in [0.717, 1.165) is 32.1 Å². The number of nitrogens with zero attached hydrogens (tertiary/aromatic N) is 1. The number of quaternary nitrogens is 1. The molecule has 0 aromatic rings. The summed E-state index contributed by atoms with van der Waals surface area (Å²) in [5, 5.41) is 13.3. The van der Waals surface area contributed by atoms with Crippen LogP contribution in [-0.4, -0.2) is 73.4 Å². The molecule has 0 rings (SSSR count). The van der Waals surface area contributed by atoms with Crippen LogP contribution in [0.15, 0.2) is 12.2 Å². The highest BCUT2D eigenvalue weighted by Crippen LogP contribution is 2.43. The smallest absolute Gasteiger partial charge is 0.387 e. The van der Waals surface area contributed by atoms with Gasteiger partial charge in [-0.25, -0.2) is 4.57 Å². The molecular formula is C28H58N2O6P+. The lowest BCUT2D eigenvalue weighted by Gasteiger charge is -2.25. The van der Waals surface area contributed by atoms with Crippen molar-refractivity contribution in [2.75, 3.05) is 40.9 Å². The molecule has 0 aliphatic heterocycles. The van der Waals surface area contributed by atoms with Crippen molar-refractivity contribution in [1.82, 2.24) is 5.32 Å². The summed E-state index contributed by atoms with van der Waals surface area (Å²) in [5.41, 5.74) is 0. The molecule has 0 aromatic carbocycles. The van der Waals surface area contributed by atoms with Gasteiger partial charge in [0.15, 0.2) is 0 Å². The molecule has 3 N–H and O–H groups in total. The van der Waals surface area contributed by atoms with E-state index in [9.17, 15) is 19.4 Å². The van der Waals surface area contributed by atoms with Gasteiger partial charge in [0.05, 0.1) is 39.9 Å². The quantitative estimate of drug-likeness (QED) is 0.0548. The van der Waals surface area contributed by atoms with E-state index in [1.54, 1.807) is 6.08 Å². The number of phosphoric ester groups is 1. The number of nitrogens with one attached hydrogen (secondary N) is 1. The molecule has 9 heteroatoms. The topological polar surface area (TPSA) is 105 Å². The number of allylic oxidation sites excluding steroid dienone is 1. The first-order chi connectivity index (χ1) is 17.5. The fraction of sp³-hybridized carbons (Fsp3) is 0.893. The zero-order valence-corrected chi connectivity index (χ0v) is 25.4. The first-order valence-corrected chi connectivity index (χ1v) is 16.1. The molecule has 0 fully saturated rings. The summed E-state index contributed by atoms with van der Waals surface area (Å²) >= 11 is 0. The van der Waals surface area contributed by atoms with Crippen molar-refractivity contribution in [2.45, 2.75) is 122 Å². The van der Waals surface area contributed by atoms with E-state index in [2.05, 4.69) is 12.2 Å². The fourth-order valence-electron chi connectivity index (χ4n) is 3.81. The molecule has 8 nitrogen and oxygen atoms in total. The number of unbranched alkanes of at least 4 members (excludes halogenated alkanes) is 12. The van der Waals surface area contributed by atoms with Gasteiger partial charge in [-0.3, -0.25) is 13.8 Å². The monoisotopic (exact) mass is 549 g/mol. The Morgan fingerprint density at radius 3 is 1.95 bits per heavy atom. The number of phosphoric acid groups is 1. The fourth-order valence-corrected chi connectivity index (χ4v) is 4.55. The van der Waals surface area contributed by atoms with Crippen molar-refractivity contribution < 1.29 is 32.9 Å². The highest BCUT2D eigenvalue weighted by molar-refractivity contribution is 7.47. The number of carbonyl (C=O) groups is 1. The maximum Gasteiger partial charge on any atom is 0.472 e. The Morgan fingerprint density at radius 1 is 0.892 bits per heavy atom. The van der Waals surface area contributed by atoms with Crippen LogP contribution >= 0.6 is 7.82 Å². The van der Waals surface area contributed by atoms with E-state index in [-0.39, 0.29) is 19.1 Å². The largest absolute Gasteiger partial charge is 0.472 e. The summed E-state index contributed by atoms with van der Waals surface area (Å²) in [6.07, 6.45) is 19.2. The second kappa shape index (κ2) is 22.1. The van der Waals surface area contributed by atoms with Crippen molar-refractivity contribution in [3.05, 3.63) is 12.2 Å². The molecule has 0 bridgehead atoms. The van der Waals surface area contributed by atoms with Crippen LogP contribution < -0.4 is 5.32 Å². The molecule has 1 amide bonds. The van der Waals surface area contributed by atoms with Gasteiger partial charge in [-0.15, -0.1) is 0 Å². The number of aliphatic hydroxyl groups is 1. The SMILES string of the molecule is CCC/C=C/C(O)C(COP(=O)(O)OCC[N+](C)(C)C)NC(=O)CCCCCCCCCCCCCC. The number of hydrogen-bond acceptors (Lipinski definition) is 5. The standard InChI is InChI=1S/C28H57N2O6P/c1-6-8-10-11-12-13-14-15-16-17-18-20-22-28(32)29-26(27(31)21-19-9-7-2)25-36-37(33,34)35-24-23-30(3,4)5/h19,21,26-27,31H,6-18,20,22-25H2,1-5H3,(H-,29,32,33,34)/p+1/b21-19+. The summed E-state index contributed by atoms with van der Waals surface area (Å²) in [6, 6.07) is -0.833. The van der Waals surface area contributed by atoms with Gasteiger partial charge in [0.25, 0.3) is 0 Å². The molecule has 37 heavy (non-hydrogen) atoms. The summed E-state index contributed by atoms with van der Waals surface area (Å²) < 4.78 is 23.0. The highest BCUT2D eigenvalue weighted by Gasteiger charge is 2.27. The third-order valence-corrected chi connectivity index (χ3v) is 7.22. The number of likely N-dealkylation sites (N-methyl/N-ethyl adjacent to an activating group) is 1. The van der Waals surface area contributed by atoms with E-state index < -0.39 is 20.0 Å². The Hall–Kier alpha value is -0.760. The molecular weight excluding hydrogens is 491 g/mol. The van der Waals surface area contributed by atoms with Crippen LogP contribution in [0.25, 0.3) is 0 Å². The summed E-state index contributed by atoms with van der Waals surface area (Å²) in [5.74, 6) is -0.192. The van der Waals surface area contributed by atoms with Gasteiger partial charge in [-0.1, -0.05) is 103 Å². The molecule has 0 aliphatic rings. The third kappa shape index (κ3) is 24.0. The summed E-state index contributed by atoms with van der Waals surface area (Å²) in [6.45, 7) is 4.55. The predicted octanol–water partition coefficient (Wildman–Crippen LogP) is 6.12. The Kier molecular flexibility index (Phi) is 21.6. The molecule has 0 saturated carbocycles. The molecule has 0 spiro atoms. The van der Waals surface area contributed by atoms with Crippen molar-refractivity contribution in [1.29, 1.82) is 0 Å². The number of aliphatic hydroxyl groups excluding tert-OH is 1. The van der Waals surface area contributed by atoms with Gasteiger partial charge in [0.2, 0.25) is 5.91 Å². The molecule has 220 valence electrons. The van der Waals surface area contributed by atoms with Crippen molar-refractivity contribution >= 4 is 13.7 Å². The Morgan fingerprint density at radius 2 is 1.43 bits per heavy atom. The minimum atomic E-state index is -4.29. The molecule has 0 heterocycles. The van der Waals surface area contributed by atoms with Crippen LogP contribution in [0, 0.1) is 0 Å². The van der Waals surface area contributed by atoms with Crippen molar-refractivity contribution in [3.63, 3.8) is 0 Å². The van der Waals surface area contributed by atoms with Gasteiger partial charge in [0, 0.05) is 6.42 Å². The van der Waals surface area contributed by atoms with E-state index in [0.29, 0.717) is 17.4 Å². The van der Waals surface area contributed by atoms with Gasteiger partial charge < -0.3 is 19.8 Å². The number of carbonyl (C=O) groups excluding carboxylic acids is 1. The zero-order chi connectivity index (χ0) is 28.0. The highest BCUT2D eigenvalue weighted by atomic mass is 31.2. The first kappa shape index (κ1) is 36.2. The molecule has 3 unspecified atom stereocenters. The Labute approximate surface area is 227 Å². The van der Waals surface area contributed by atoms with Gasteiger partial charge in [-0.2, -0.15) is 0 Å². The Bertz CT molecular complexity index is 639. The van der Waals surface area contributed by atoms with Crippen LogP contribution in [0.3, 0.4) is 0 Å². The maximum atomic E-state index is 12.5. The predicted molar refractivity (Wildman–Crippen MR) is 152 cm³/mol.